The zero-order chi connectivity index (χ0) is 18.1. The van der Waals surface area contributed by atoms with Crippen LogP contribution in [0.15, 0.2) is 24.3 Å². The van der Waals surface area contributed by atoms with Gasteiger partial charge in [-0.05, 0) is 57.5 Å². The van der Waals surface area contributed by atoms with Gasteiger partial charge in [-0.3, -0.25) is 0 Å². The highest BCUT2D eigenvalue weighted by atomic mass is 15.2. The maximum Gasteiger partial charge on any atom is 0.132 e. The molecule has 3 heterocycles. The third-order valence-electron chi connectivity index (χ3n) is 5.07. The van der Waals surface area contributed by atoms with Gasteiger partial charge in [-0.2, -0.15) is 0 Å². The van der Waals surface area contributed by atoms with E-state index in [-0.39, 0.29) is 0 Å². The van der Waals surface area contributed by atoms with Crippen LogP contribution in [-0.2, 0) is 6.54 Å². The second-order valence-electron chi connectivity index (χ2n) is 7.28. The van der Waals surface area contributed by atoms with Crippen molar-refractivity contribution in [3.63, 3.8) is 0 Å². The van der Waals surface area contributed by atoms with Crippen molar-refractivity contribution in [1.29, 1.82) is 0 Å². The van der Waals surface area contributed by atoms with Gasteiger partial charge < -0.3 is 15.2 Å². The number of aromatic nitrogens is 4. The Labute approximate surface area is 154 Å². The van der Waals surface area contributed by atoms with Crippen LogP contribution in [0.4, 0.5) is 5.82 Å². The first kappa shape index (κ1) is 17.0. The van der Waals surface area contributed by atoms with Crippen LogP contribution >= 0.6 is 0 Å². The molecule has 136 valence electrons. The first-order valence-corrected chi connectivity index (χ1v) is 9.31. The summed E-state index contributed by atoms with van der Waals surface area (Å²) in [6.45, 7) is 6.90. The van der Waals surface area contributed by atoms with Gasteiger partial charge in [-0.25, -0.2) is 15.0 Å². The van der Waals surface area contributed by atoms with E-state index in [4.69, 9.17) is 9.97 Å². The van der Waals surface area contributed by atoms with Crippen molar-refractivity contribution in [3.05, 3.63) is 47.2 Å². The van der Waals surface area contributed by atoms with E-state index in [0.717, 1.165) is 54.4 Å². The van der Waals surface area contributed by atoms with Gasteiger partial charge in [0, 0.05) is 24.7 Å². The molecule has 1 fully saturated rings. The summed E-state index contributed by atoms with van der Waals surface area (Å²) in [4.78, 5) is 19.6. The fourth-order valence-corrected chi connectivity index (χ4v) is 3.65. The molecule has 6 nitrogen and oxygen atoms in total. The zero-order valence-electron chi connectivity index (χ0n) is 15.7. The molecular formula is C20H26N6. The van der Waals surface area contributed by atoms with Gasteiger partial charge in [0.2, 0.25) is 0 Å². The van der Waals surface area contributed by atoms with Crippen LogP contribution in [-0.4, -0.2) is 40.1 Å². The molecule has 26 heavy (non-hydrogen) atoms. The molecule has 0 saturated carbocycles. The molecule has 2 N–H and O–H groups in total. The largest absolute Gasteiger partial charge is 0.352 e. The first-order chi connectivity index (χ1) is 12.6. The van der Waals surface area contributed by atoms with Crippen molar-refractivity contribution in [2.24, 2.45) is 0 Å². The highest BCUT2D eigenvalue weighted by Gasteiger charge is 2.19. The minimum absolute atomic E-state index is 0.527. The standard InChI is InChI=1S/C20H26N6/c1-13-4-5-16-18(10-13)25-19(24-16)12-26(3)20-11-17(22-14(2)23-20)15-6-8-21-9-7-15/h4-5,10-11,15,21H,6-9,12H2,1-3H3,(H,24,25). The Hall–Kier alpha value is -2.47. The number of fused-ring (bicyclic) bond motifs is 1. The molecule has 2 aromatic heterocycles. The Bertz CT molecular complexity index is 910. The fourth-order valence-electron chi connectivity index (χ4n) is 3.65. The number of aromatic amines is 1. The van der Waals surface area contributed by atoms with E-state index >= 15 is 0 Å². The quantitative estimate of drug-likeness (QED) is 0.757. The Kier molecular flexibility index (Phi) is 4.59. The van der Waals surface area contributed by atoms with Gasteiger partial charge in [0.1, 0.15) is 17.5 Å². The molecule has 0 amide bonds. The molecule has 0 unspecified atom stereocenters. The maximum atomic E-state index is 4.71. The lowest BCUT2D eigenvalue weighted by Crippen LogP contribution is -2.27. The highest BCUT2D eigenvalue weighted by molar-refractivity contribution is 5.75. The van der Waals surface area contributed by atoms with Gasteiger partial charge in [0.15, 0.2) is 0 Å². The average molecular weight is 350 g/mol. The number of nitrogens with one attached hydrogen (secondary N) is 2. The Morgan fingerprint density at radius 3 is 2.69 bits per heavy atom. The maximum absolute atomic E-state index is 4.71. The minimum atomic E-state index is 0.527. The van der Waals surface area contributed by atoms with Crippen molar-refractivity contribution in [2.75, 3.05) is 25.0 Å². The van der Waals surface area contributed by atoms with E-state index in [9.17, 15) is 0 Å². The molecule has 1 aromatic carbocycles. The lowest BCUT2D eigenvalue weighted by molar-refractivity contribution is 0.452. The number of benzene rings is 1. The van der Waals surface area contributed by atoms with Crippen LogP contribution in [0.1, 0.15) is 41.7 Å². The van der Waals surface area contributed by atoms with Gasteiger partial charge in [0.05, 0.1) is 17.6 Å². The Morgan fingerprint density at radius 2 is 1.88 bits per heavy atom. The number of rotatable bonds is 4. The van der Waals surface area contributed by atoms with E-state index in [2.05, 4.69) is 58.4 Å². The van der Waals surface area contributed by atoms with Crippen LogP contribution in [0.3, 0.4) is 0 Å². The summed E-state index contributed by atoms with van der Waals surface area (Å²) in [5.74, 6) is 3.28. The molecule has 0 radical (unpaired) electrons. The van der Waals surface area contributed by atoms with Gasteiger partial charge >= 0.3 is 0 Å². The average Bonchev–Trinajstić information content (AvgIpc) is 3.03. The number of aryl methyl sites for hydroxylation is 2. The summed E-state index contributed by atoms with van der Waals surface area (Å²) in [6, 6.07) is 8.44. The number of H-pyrrole nitrogens is 1. The molecule has 3 aromatic rings. The molecule has 4 rings (SSSR count). The second-order valence-corrected chi connectivity index (χ2v) is 7.28. The number of hydrogen-bond acceptors (Lipinski definition) is 5. The second kappa shape index (κ2) is 7.03. The fraction of sp³-hybridized carbons (Fsp3) is 0.450. The molecule has 0 bridgehead atoms. The SMILES string of the molecule is Cc1ccc2nc(CN(C)c3cc(C4CCNCC4)nc(C)n3)[nH]c2c1. The molecular weight excluding hydrogens is 324 g/mol. The number of piperidine rings is 1. The van der Waals surface area contributed by atoms with E-state index < -0.39 is 0 Å². The van der Waals surface area contributed by atoms with Crippen LogP contribution in [0, 0.1) is 13.8 Å². The summed E-state index contributed by atoms with van der Waals surface area (Å²) < 4.78 is 0. The van der Waals surface area contributed by atoms with Crippen molar-refractivity contribution in [2.45, 2.75) is 39.2 Å². The number of hydrogen-bond donors (Lipinski definition) is 2. The Balaban J connectivity index is 1.56. The lowest BCUT2D eigenvalue weighted by atomic mass is 9.94. The molecule has 0 atom stereocenters. The highest BCUT2D eigenvalue weighted by Crippen LogP contribution is 2.26. The predicted molar refractivity (Wildman–Crippen MR) is 105 cm³/mol. The lowest BCUT2D eigenvalue weighted by Gasteiger charge is -2.24. The minimum Gasteiger partial charge on any atom is -0.352 e. The summed E-state index contributed by atoms with van der Waals surface area (Å²) in [6.07, 6.45) is 2.28. The summed E-state index contributed by atoms with van der Waals surface area (Å²) in [7, 11) is 2.06. The van der Waals surface area contributed by atoms with Gasteiger partial charge in [-0.15, -0.1) is 0 Å². The normalized spacial score (nSPS) is 15.5. The van der Waals surface area contributed by atoms with Crippen LogP contribution in [0.2, 0.25) is 0 Å². The van der Waals surface area contributed by atoms with Crippen LogP contribution in [0.25, 0.3) is 11.0 Å². The monoisotopic (exact) mass is 350 g/mol. The van der Waals surface area contributed by atoms with Crippen molar-refractivity contribution >= 4 is 16.9 Å². The third kappa shape index (κ3) is 3.55. The predicted octanol–water partition coefficient (Wildman–Crippen LogP) is 3.07. The molecule has 1 aliphatic heterocycles. The zero-order valence-corrected chi connectivity index (χ0v) is 15.7. The molecule has 0 aliphatic carbocycles. The van der Waals surface area contributed by atoms with E-state index in [1.54, 1.807) is 0 Å². The summed E-state index contributed by atoms with van der Waals surface area (Å²) in [5.41, 5.74) is 4.50. The summed E-state index contributed by atoms with van der Waals surface area (Å²) in [5, 5.41) is 3.42. The molecule has 1 saturated heterocycles. The topological polar surface area (TPSA) is 69.7 Å². The first-order valence-electron chi connectivity index (χ1n) is 9.31. The number of nitrogens with zero attached hydrogens (tertiary/aromatic N) is 4. The molecule has 1 aliphatic rings. The smallest absolute Gasteiger partial charge is 0.132 e. The van der Waals surface area contributed by atoms with Crippen LogP contribution in [0.5, 0.6) is 0 Å². The van der Waals surface area contributed by atoms with Crippen molar-refractivity contribution in [3.8, 4) is 0 Å². The van der Waals surface area contributed by atoms with E-state index in [0.29, 0.717) is 12.5 Å². The van der Waals surface area contributed by atoms with Crippen molar-refractivity contribution in [1.82, 2.24) is 25.3 Å². The third-order valence-corrected chi connectivity index (χ3v) is 5.07. The van der Waals surface area contributed by atoms with Gasteiger partial charge in [0.25, 0.3) is 0 Å². The van der Waals surface area contributed by atoms with Crippen LogP contribution < -0.4 is 10.2 Å². The van der Waals surface area contributed by atoms with E-state index in [1.165, 1.54) is 11.3 Å². The molecule has 0 spiro atoms. The number of anilines is 1. The Morgan fingerprint density at radius 1 is 1.08 bits per heavy atom. The number of imidazole rings is 1. The van der Waals surface area contributed by atoms with E-state index in [1.807, 2.05) is 6.92 Å². The molecule has 6 heteroatoms. The van der Waals surface area contributed by atoms with Gasteiger partial charge in [-0.1, -0.05) is 6.07 Å². The van der Waals surface area contributed by atoms with Crippen molar-refractivity contribution < 1.29 is 0 Å². The summed E-state index contributed by atoms with van der Waals surface area (Å²) >= 11 is 0.